The van der Waals surface area contributed by atoms with Crippen LogP contribution in [0, 0.1) is 6.92 Å². The van der Waals surface area contributed by atoms with Crippen LogP contribution in [0.1, 0.15) is 60.2 Å². The molecule has 0 aliphatic carbocycles. The normalized spacial score (nSPS) is 13.7. The van der Waals surface area contributed by atoms with Crippen molar-refractivity contribution in [1.29, 1.82) is 0 Å². The van der Waals surface area contributed by atoms with E-state index in [4.69, 9.17) is 0 Å². The highest BCUT2D eigenvalue weighted by Gasteiger charge is 2.32. The molecule has 0 aromatic heterocycles. The molecule has 1 aliphatic rings. The molecule has 0 spiro atoms. The van der Waals surface area contributed by atoms with Crippen LogP contribution in [0.3, 0.4) is 0 Å². The standard InChI is InChI=1S/C36H39N3O3/c1-4-26(3)37-35(41)32(23-27-11-6-5-7-12-27)39(24-28-20-18-25(2)19-21-28)33(40)17-10-22-38-31-16-9-14-29-13-8-15-30(34(29)31)36(38)42/h5-9,11-16,18-21,26,32H,4,10,17,22-24H2,1-3H3,(H,37,41)/t26-,32-/m0/s1. The first-order chi connectivity index (χ1) is 20.4. The average molecular weight is 562 g/mol. The summed E-state index contributed by atoms with van der Waals surface area (Å²) in [6.07, 6.45) is 1.94. The molecule has 3 amide bonds. The summed E-state index contributed by atoms with van der Waals surface area (Å²) in [5.41, 5.74) is 4.71. The zero-order valence-electron chi connectivity index (χ0n) is 24.7. The molecule has 4 aromatic rings. The van der Waals surface area contributed by atoms with Crippen molar-refractivity contribution in [3.8, 4) is 0 Å². The van der Waals surface area contributed by atoms with Gasteiger partial charge in [0.2, 0.25) is 11.8 Å². The lowest BCUT2D eigenvalue weighted by Gasteiger charge is -2.32. The van der Waals surface area contributed by atoms with Crippen molar-refractivity contribution in [2.75, 3.05) is 11.4 Å². The van der Waals surface area contributed by atoms with Crippen LogP contribution < -0.4 is 10.2 Å². The minimum absolute atomic E-state index is 0.00220. The number of carbonyl (C=O) groups is 3. The second-order valence-electron chi connectivity index (χ2n) is 11.3. The van der Waals surface area contributed by atoms with Crippen molar-refractivity contribution in [3.63, 3.8) is 0 Å². The topological polar surface area (TPSA) is 69.7 Å². The van der Waals surface area contributed by atoms with Crippen molar-refractivity contribution in [3.05, 3.63) is 113 Å². The van der Waals surface area contributed by atoms with Gasteiger partial charge in [0.05, 0.1) is 5.69 Å². The number of anilines is 1. The van der Waals surface area contributed by atoms with Gasteiger partial charge in [0.1, 0.15) is 6.04 Å². The van der Waals surface area contributed by atoms with E-state index in [9.17, 15) is 14.4 Å². The molecule has 6 heteroatoms. The smallest absolute Gasteiger partial charge is 0.258 e. The van der Waals surface area contributed by atoms with Gasteiger partial charge in [-0.2, -0.15) is 0 Å². The van der Waals surface area contributed by atoms with Gasteiger partial charge in [0.25, 0.3) is 5.91 Å². The third-order valence-corrected chi connectivity index (χ3v) is 8.17. The summed E-state index contributed by atoms with van der Waals surface area (Å²) in [5, 5.41) is 5.14. The summed E-state index contributed by atoms with van der Waals surface area (Å²) in [5.74, 6) is -0.274. The molecule has 216 valence electrons. The van der Waals surface area contributed by atoms with Crippen LogP contribution in [-0.2, 0) is 22.6 Å². The highest BCUT2D eigenvalue weighted by atomic mass is 16.2. The van der Waals surface area contributed by atoms with Crippen LogP contribution in [0.2, 0.25) is 0 Å². The Hall–Kier alpha value is -4.45. The second-order valence-corrected chi connectivity index (χ2v) is 11.3. The van der Waals surface area contributed by atoms with E-state index in [2.05, 4.69) is 5.32 Å². The Labute approximate surface area is 248 Å². The first-order valence-corrected chi connectivity index (χ1v) is 14.9. The molecule has 0 fully saturated rings. The van der Waals surface area contributed by atoms with Gasteiger partial charge in [0, 0.05) is 42.9 Å². The molecule has 0 bridgehead atoms. The SMILES string of the molecule is CC[C@H](C)NC(=O)[C@H](Cc1ccccc1)N(Cc1ccc(C)cc1)C(=O)CCCN1C(=O)c2cccc3cccc1c23. The van der Waals surface area contributed by atoms with Crippen LogP contribution >= 0.6 is 0 Å². The predicted molar refractivity (Wildman–Crippen MR) is 168 cm³/mol. The Morgan fingerprint density at radius 1 is 0.881 bits per heavy atom. The quantitative estimate of drug-likeness (QED) is 0.216. The molecule has 1 N–H and O–H groups in total. The highest BCUT2D eigenvalue weighted by molar-refractivity contribution is 6.25. The average Bonchev–Trinajstić information content (AvgIpc) is 3.28. The van der Waals surface area contributed by atoms with Gasteiger partial charge in [-0.3, -0.25) is 14.4 Å². The summed E-state index contributed by atoms with van der Waals surface area (Å²) in [4.78, 5) is 44.5. The molecule has 0 saturated carbocycles. The lowest BCUT2D eigenvalue weighted by Crippen LogP contribution is -2.52. The van der Waals surface area contributed by atoms with E-state index in [0.29, 0.717) is 31.5 Å². The van der Waals surface area contributed by atoms with Gasteiger partial charge in [-0.05, 0) is 55.3 Å². The predicted octanol–water partition coefficient (Wildman–Crippen LogP) is 6.44. The molecule has 2 atom stereocenters. The summed E-state index contributed by atoms with van der Waals surface area (Å²) in [6, 6.07) is 29.0. The van der Waals surface area contributed by atoms with Gasteiger partial charge >= 0.3 is 0 Å². The maximum atomic E-state index is 14.0. The van der Waals surface area contributed by atoms with Crippen molar-refractivity contribution in [2.45, 2.75) is 65.1 Å². The molecule has 5 rings (SSSR count). The third kappa shape index (κ3) is 6.38. The Bertz CT molecular complexity index is 1560. The fraction of sp³-hybridized carbons (Fsp3) is 0.306. The molecule has 1 heterocycles. The van der Waals surface area contributed by atoms with E-state index in [1.165, 1.54) is 0 Å². The molecule has 0 unspecified atom stereocenters. The minimum atomic E-state index is -0.665. The summed E-state index contributed by atoms with van der Waals surface area (Å²) >= 11 is 0. The van der Waals surface area contributed by atoms with Crippen LogP contribution in [0.5, 0.6) is 0 Å². The zero-order valence-corrected chi connectivity index (χ0v) is 24.7. The summed E-state index contributed by atoms with van der Waals surface area (Å²) in [6.45, 7) is 6.81. The van der Waals surface area contributed by atoms with Crippen LogP contribution in [0.25, 0.3) is 10.8 Å². The van der Waals surface area contributed by atoms with Crippen molar-refractivity contribution in [2.24, 2.45) is 0 Å². The van der Waals surface area contributed by atoms with Crippen LogP contribution in [0.4, 0.5) is 5.69 Å². The second kappa shape index (κ2) is 13.0. The van der Waals surface area contributed by atoms with E-state index in [1.54, 1.807) is 9.80 Å². The fourth-order valence-corrected chi connectivity index (χ4v) is 5.62. The number of amides is 3. The van der Waals surface area contributed by atoms with Crippen molar-refractivity contribution < 1.29 is 14.4 Å². The first kappa shape index (κ1) is 29.1. The van der Waals surface area contributed by atoms with Crippen molar-refractivity contribution >= 4 is 34.2 Å². The number of benzene rings is 4. The molecular weight excluding hydrogens is 522 g/mol. The number of rotatable bonds is 12. The van der Waals surface area contributed by atoms with E-state index >= 15 is 0 Å². The largest absolute Gasteiger partial charge is 0.352 e. The Kier molecular flexibility index (Phi) is 9.01. The maximum absolute atomic E-state index is 14.0. The van der Waals surface area contributed by atoms with Crippen molar-refractivity contribution in [1.82, 2.24) is 10.2 Å². The zero-order chi connectivity index (χ0) is 29.6. The number of hydrogen-bond donors (Lipinski definition) is 1. The number of nitrogens with zero attached hydrogens (tertiary/aromatic N) is 2. The monoisotopic (exact) mass is 561 g/mol. The summed E-state index contributed by atoms with van der Waals surface area (Å²) in [7, 11) is 0. The van der Waals surface area contributed by atoms with Gasteiger partial charge in [0.15, 0.2) is 0 Å². The number of hydrogen-bond acceptors (Lipinski definition) is 3. The van der Waals surface area contributed by atoms with Gasteiger partial charge in [-0.1, -0.05) is 91.3 Å². The van der Waals surface area contributed by atoms with E-state index < -0.39 is 6.04 Å². The Morgan fingerprint density at radius 3 is 2.31 bits per heavy atom. The number of nitrogens with one attached hydrogen (secondary N) is 1. The first-order valence-electron chi connectivity index (χ1n) is 14.9. The molecule has 6 nitrogen and oxygen atoms in total. The fourth-order valence-electron chi connectivity index (χ4n) is 5.62. The molecule has 0 radical (unpaired) electrons. The van der Waals surface area contributed by atoms with Gasteiger partial charge in [-0.15, -0.1) is 0 Å². The van der Waals surface area contributed by atoms with E-state index in [1.807, 2.05) is 112 Å². The molecule has 4 aromatic carbocycles. The number of aryl methyl sites for hydroxylation is 1. The Balaban J connectivity index is 1.37. The molecule has 42 heavy (non-hydrogen) atoms. The Morgan fingerprint density at radius 2 is 1.60 bits per heavy atom. The molecule has 1 aliphatic heterocycles. The molecule has 0 saturated heterocycles. The van der Waals surface area contributed by atoms with Gasteiger partial charge in [-0.25, -0.2) is 0 Å². The number of carbonyl (C=O) groups excluding carboxylic acids is 3. The van der Waals surface area contributed by atoms with Crippen LogP contribution in [0.15, 0.2) is 91.0 Å². The minimum Gasteiger partial charge on any atom is -0.352 e. The lowest BCUT2D eigenvalue weighted by molar-refractivity contribution is -0.141. The highest BCUT2D eigenvalue weighted by Crippen LogP contribution is 2.37. The van der Waals surface area contributed by atoms with E-state index in [0.717, 1.165) is 39.6 Å². The lowest BCUT2D eigenvalue weighted by atomic mass is 10.0. The molecular formula is C36H39N3O3. The third-order valence-electron chi connectivity index (χ3n) is 8.17. The summed E-state index contributed by atoms with van der Waals surface area (Å²) < 4.78 is 0. The maximum Gasteiger partial charge on any atom is 0.258 e. The van der Waals surface area contributed by atoms with Crippen LogP contribution in [-0.4, -0.2) is 41.2 Å². The van der Waals surface area contributed by atoms with E-state index in [-0.39, 0.29) is 30.2 Å². The van der Waals surface area contributed by atoms with Gasteiger partial charge < -0.3 is 15.1 Å².